The highest BCUT2D eigenvalue weighted by molar-refractivity contribution is 5.94. The van der Waals surface area contributed by atoms with E-state index in [1.807, 2.05) is 18.2 Å². The molecule has 132 valence electrons. The van der Waals surface area contributed by atoms with Gasteiger partial charge < -0.3 is 5.32 Å². The molecule has 1 saturated heterocycles. The number of carbonyl (C=O) groups is 1. The van der Waals surface area contributed by atoms with Crippen molar-refractivity contribution in [1.82, 2.24) is 30.4 Å². The number of benzene rings is 2. The first-order valence-electron chi connectivity index (χ1n) is 8.68. The largest absolute Gasteiger partial charge is 0.348 e. The lowest BCUT2D eigenvalue weighted by Gasteiger charge is -2.17. The van der Waals surface area contributed by atoms with Gasteiger partial charge in [0.25, 0.3) is 5.91 Å². The summed E-state index contributed by atoms with van der Waals surface area (Å²) >= 11 is 0. The summed E-state index contributed by atoms with van der Waals surface area (Å²) in [7, 11) is 0. The number of aromatic nitrogens is 4. The van der Waals surface area contributed by atoms with Gasteiger partial charge in [-0.05, 0) is 40.6 Å². The molecule has 7 nitrogen and oxygen atoms in total. The van der Waals surface area contributed by atoms with E-state index in [0.717, 1.165) is 31.7 Å². The number of hydrogen-bond acceptors (Lipinski definition) is 5. The first kappa shape index (κ1) is 16.4. The lowest BCUT2D eigenvalue weighted by Crippen LogP contribution is -2.37. The van der Waals surface area contributed by atoms with Gasteiger partial charge in [-0.1, -0.05) is 36.4 Å². The summed E-state index contributed by atoms with van der Waals surface area (Å²) in [5, 5.41) is 14.2. The molecule has 1 atom stereocenters. The second-order valence-electron chi connectivity index (χ2n) is 6.48. The third-order valence-electron chi connectivity index (χ3n) is 4.58. The quantitative estimate of drug-likeness (QED) is 0.759. The summed E-state index contributed by atoms with van der Waals surface area (Å²) in [6.45, 7) is 2.78. The Hall–Kier alpha value is -3.06. The zero-order chi connectivity index (χ0) is 17.8. The maximum atomic E-state index is 12.6. The highest BCUT2D eigenvalue weighted by Crippen LogP contribution is 2.15. The van der Waals surface area contributed by atoms with Crippen molar-refractivity contribution in [3.63, 3.8) is 0 Å². The molecule has 4 rings (SSSR count). The molecule has 1 aliphatic rings. The number of rotatable bonds is 5. The first-order valence-corrected chi connectivity index (χ1v) is 8.68. The Bertz CT molecular complexity index is 865. The number of hydrogen-bond donors (Lipinski definition) is 1. The van der Waals surface area contributed by atoms with Gasteiger partial charge in [-0.25, -0.2) is 4.68 Å². The molecule has 1 aliphatic heterocycles. The van der Waals surface area contributed by atoms with Crippen LogP contribution in [0.3, 0.4) is 0 Å². The topological polar surface area (TPSA) is 75.9 Å². The molecule has 1 unspecified atom stereocenters. The molecule has 1 N–H and O–H groups in total. The molecule has 0 aliphatic carbocycles. The van der Waals surface area contributed by atoms with Gasteiger partial charge in [0.15, 0.2) is 0 Å². The molecule has 0 saturated carbocycles. The fourth-order valence-corrected chi connectivity index (χ4v) is 3.27. The monoisotopic (exact) mass is 348 g/mol. The predicted molar refractivity (Wildman–Crippen MR) is 96.7 cm³/mol. The molecular weight excluding hydrogens is 328 g/mol. The molecule has 0 radical (unpaired) electrons. The van der Waals surface area contributed by atoms with E-state index in [0.29, 0.717) is 5.56 Å². The van der Waals surface area contributed by atoms with E-state index in [1.54, 1.807) is 12.1 Å². The van der Waals surface area contributed by atoms with Crippen LogP contribution in [0.5, 0.6) is 0 Å². The number of nitrogens with one attached hydrogen (secondary N) is 1. The number of tetrazole rings is 1. The lowest BCUT2D eigenvalue weighted by atomic mass is 10.1. The summed E-state index contributed by atoms with van der Waals surface area (Å²) in [5.41, 5.74) is 2.67. The van der Waals surface area contributed by atoms with Crippen LogP contribution in [0, 0.1) is 0 Å². The van der Waals surface area contributed by atoms with Crippen molar-refractivity contribution in [3.8, 4) is 5.69 Å². The summed E-state index contributed by atoms with van der Waals surface area (Å²) in [5.74, 6) is -0.0634. The zero-order valence-electron chi connectivity index (χ0n) is 14.3. The molecule has 0 bridgehead atoms. The van der Waals surface area contributed by atoms with Crippen LogP contribution < -0.4 is 5.32 Å². The minimum absolute atomic E-state index is 0.0634. The van der Waals surface area contributed by atoms with Crippen LogP contribution in [-0.2, 0) is 6.54 Å². The van der Waals surface area contributed by atoms with Crippen LogP contribution in [-0.4, -0.2) is 50.1 Å². The van der Waals surface area contributed by atoms with Crippen LogP contribution in [0.15, 0.2) is 60.9 Å². The standard InChI is InChI=1S/C19H20N6O/c26-19(16-7-4-8-18(11-16)25-14-20-22-23-25)21-17-9-10-24(13-17)12-15-5-2-1-3-6-15/h1-8,11,14,17H,9-10,12-13H2,(H,21,26). The highest BCUT2D eigenvalue weighted by atomic mass is 16.1. The average Bonchev–Trinajstić information content (AvgIpc) is 3.35. The van der Waals surface area contributed by atoms with E-state index in [9.17, 15) is 4.79 Å². The van der Waals surface area contributed by atoms with Crippen molar-refractivity contribution in [2.24, 2.45) is 0 Å². The smallest absolute Gasteiger partial charge is 0.251 e. The normalized spacial score (nSPS) is 17.3. The Morgan fingerprint density at radius 2 is 2.04 bits per heavy atom. The molecule has 1 fully saturated rings. The molecule has 1 aromatic heterocycles. The van der Waals surface area contributed by atoms with E-state index >= 15 is 0 Å². The minimum Gasteiger partial charge on any atom is -0.348 e. The third kappa shape index (κ3) is 3.78. The third-order valence-corrected chi connectivity index (χ3v) is 4.58. The van der Waals surface area contributed by atoms with Gasteiger partial charge in [0.1, 0.15) is 6.33 Å². The van der Waals surface area contributed by atoms with Gasteiger partial charge in [0, 0.05) is 31.2 Å². The van der Waals surface area contributed by atoms with Gasteiger partial charge in [0.05, 0.1) is 5.69 Å². The summed E-state index contributed by atoms with van der Waals surface area (Å²) in [4.78, 5) is 15.0. The molecule has 3 aromatic rings. The number of carbonyl (C=O) groups excluding carboxylic acids is 1. The van der Waals surface area contributed by atoms with Crippen molar-refractivity contribution >= 4 is 5.91 Å². The molecule has 2 heterocycles. The van der Waals surface area contributed by atoms with E-state index in [4.69, 9.17) is 0 Å². The SMILES string of the molecule is O=C(NC1CCN(Cc2ccccc2)C1)c1cccc(-n2cnnn2)c1. The first-order chi connectivity index (χ1) is 12.8. The van der Waals surface area contributed by atoms with Crippen LogP contribution in [0.25, 0.3) is 5.69 Å². The molecule has 2 aromatic carbocycles. The summed E-state index contributed by atoms with van der Waals surface area (Å²) in [6, 6.07) is 17.9. The fraction of sp³-hybridized carbons (Fsp3) is 0.263. The number of nitrogens with zero attached hydrogens (tertiary/aromatic N) is 5. The molecule has 0 spiro atoms. The Morgan fingerprint density at radius 3 is 2.85 bits per heavy atom. The zero-order valence-corrected chi connectivity index (χ0v) is 14.3. The van der Waals surface area contributed by atoms with Gasteiger partial charge in [-0.3, -0.25) is 9.69 Å². The van der Waals surface area contributed by atoms with Crippen molar-refractivity contribution in [1.29, 1.82) is 0 Å². The minimum atomic E-state index is -0.0634. The summed E-state index contributed by atoms with van der Waals surface area (Å²) in [6.07, 6.45) is 2.47. The van der Waals surface area contributed by atoms with E-state index in [1.165, 1.54) is 16.6 Å². The number of amides is 1. The van der Waals surface area contributed by atoms with Crippen molar-refractivity contribution in [2.75, 3.05) is 13.1 Å². The van der Waals surface area contributed by atoms with Gasteiger partial charge in [0.2, 0.25) is 0 Å². The predicted octanol–water partition coefficient (Wildman–Crippen LogP) is 1.67. The molecule has 26 heavy (non-hydrogen) atoms. The maximum absolute atomic E-state index is 12.6. The van der Waals surface area contributed by atoms with Crippen molar-refractivity contribution in [3.05, 3.63) is 72.1 Å². The Morgan fingerprint density at radius 1 is 1.15 bits per heavy atom. The van der Waals surface area contributed by atoms with E-state index in [2.05, 4.69) is 50.0 Å². The second-order valence-corrected chi connectivity index (χ2v) is 6.48. The van der Waals surface area contributed by atoms with Crippen LogP contribution >= 0.6 is 0 Å². The number of likely N-dealkylation sites (tertiary alicyclic amines) is 1. The van der Waals surface area contributed by atoms with Crippen LogP contribution in [0.1, 0.15) is 22.3 Å². The maximum Gasteiger partial charge on any atom is 0.251 e. The average molecular weight is 348 g/mol. The Kier molecular flexibility index (Phi) is 4.70. The highest BCUT2D eigenvalue weighted by Gasteiger charge is 2.24. The Balaban J connectivity index is 1.36. The fourth-order valence-electron chi connectivity index (χ4n) is 3.27. The molecule has 7 heteroatoms. The summed E-state index contributed by atoms with van der Waals surface area (Å²) < 4.78 is 1.54. The van der Waals surface area contributed by atoms with Crippen LogP contribution in [0.2, 0.25) is 0 Å². The van der Waals surface area contributed by atoms with Crippen molar-refractivity contribution < 1.29 is 4.79 Å². The molecule has 1 amide bonds. The van der Waals surface area contributed by atoms with E-state index in [-0.39, 0.29) is 11.9 Å². The van der Waals surface area contributed by atoms with Crippen molar-refractivity contribution in [2.45, 2.75) is 19.0 Å². The lowest BCUT2D eigenvalue weighted by molar-refractivity contribution is 0.0937. The Labute approximate surface area is 151 Å². The molecular formula is C19H20N6O. The van der Waals surface area contributed by atoms with Crippen LogP contribution in [0.4, 0.5) is 0 Å². The van der Waals surface area contributed by atoms with E-state index < -0.39 is 0 Å². The van der Waals surface area contributed by atoms with Gasteiger partial charge in [-0.2, -0.15) is 0 Å². The van der Waals surface area contributed by atoms with Gasteiger partial charge in [-0.15, -0.1) is 5.10 Å². The van der Waals surface area contributed by atoms with Gasteiger partial charge >= 0.3 is 0 Å². The second kappa shape index (κ2) is 7.45.